The Labute approximate surface area is 105 Å². The Kier molecular flexibility index (Phi) is 3.48. The fourth-order valence-corrected chi connectivity index (χ4v) is 3.06. The second-order valence-corrected chi connectivity index (χ2v) is 5.82. The summed E-state index contributed by atoms with van der Waals surface area (Å²) in [4.78, 5) is 14.7. The van der Waals surface area contributed by atoms with Crippen molar-refractivity contribution in [2.75, 3.05) is 0 Å². The maximum Gasteiger partial charge on any atom is 0.244 e. The van der Waals surface area contributed by atoms with Gasteiger partial charge in [-0.25, -0.2) is 0 Å². The molecule has 4 atom stereocenters. The highest BCUT2D eigenvalue weighted by Gasteiger charge is 2.54. The molecule has 3 nitrogen and oxygen atoms in total. The van der Waals surface area contributed by atoms with Crippen molar-refractivity contribution >= 4 is 5.91 Å². The van der Waals surface area contributed by atoms with Crippen molar-refractivity contribution in [1.82, 2.24) is 10.2 Å². The average Bonchev–Trinajstić information content (AvgIpc) is 3.03. The molecule has 2 rings (SSSR count). The van der Waals surface area contributed by atoms with E-state index in [1.807, 2.05) is 0 Å². The van der Waals surface area contributed by atoms with E-state index in [1.165, 1.54) is 12.8 Å². The molecule has 0 aromatic rings. The highest BCUT2D eigenvalue weighted by Crippen LogP contribution is 2.43. The van der Waals surface area contributed by atoms with Gasteiger partial charge in [-0.1, -0.05) is 33.6 Å². The molecular weight excluding hydrogens is 212 g/mol. The minimum Gasteiger partial charge on any atom is -0.322 e. The number of hydrogen-bond acceptors (Lipinski definition) is 2. The van der Waals surface area contributed by atoms with Crippen LogP contribution in [0.15, 0.2) is 0 Å². The average molecular weight is 238 g/mol. The van der Waals surface area contributed by atoms with Crippen molar-refractivity contribution in [3.63, 3.8) is 0 Å². The first-order valence-electron chi connectivity index (χ1n) is 7.17. The van der Waals surface area contributed by atoms with Crippen molar-refractivity contribution in [3.8, 4) is 0 Å². The maximum absolute atomic E-state index is 12.5. The molecule has 0 bridgehead atoms. The first kappa shape index (κ1) is 12.9. The normalized spacial score (nSPS) is 41.1. The van der Waals surface area contributed by atoms with Gasteiger partial charge in [0.2, 0.25) is 5.91 Å². The van der Waals surface area contributed by atoms with Crippen LogP contribution >= 0.6 is 0 Å². The molecule has 17 heavy (non-hydrogen) atoms. The SMILES string of the molecule is CCCC1NC(C)(CC)C(=O)N1C1CC1CC. The Morgan fingerprint density at radius 1 is 1.41 bits per heavy atom. The van der Waals surface area contributed by atoms with Gasteiger partial charge in [0.25, 0.3) is 0 Å². The molecule has 0 radical (unpaired) electrons. The zero-order valence-corrected chi connectivity index (χ0v) is 11.6. The summed E-state index contributed by atoms with van der Waals surface area (Å²) in [6.07, 6.45) is 5.78. The van der Waals surface area contributed by atoms with Crippen LogP contribution in [0, 0.1) is 5.92 Å². The highest BCUT2D eigenvalue weighted by atomic mass is 16.2. The Balaban J connectivity index is 2.13. The summed E-state index contributed by atoms with van der Waals surface area (Å²) >= 11 is 0. The van der Waals surface area contributed by atoms with E-state index in [0.717, 1.165) is 25.2 Å². The van der Waals surface area contributed by atoms with Crippen LogP contribution < -0.4 is 5.32 Å². The fraction of sp³-hybridized carbons (Fsp3) is 0.929. The van der Waals surface area contributed by atoms with Crippen LogP contribution in [0.2, 0.25) is 0 Å². The summed E-state index contributed by atoms with van der Waals surface area (Å²) in [6.45, 7) is 8.57. The largest absolute Gasteiger partial charge is 0.322 e. The molecule has 0 aromatic heterocycles. The Hall–Kier alpha value is -0.570. The lowest BCUT2D eigenvalue weighted by atomic mass is 9.99. The van der Waals surface area contributed by atoms with E-state index >= 15 is 0 Å². The second-order valence-electron chi connectivity index (χ2n) is 5.82. The van der Waals surface area contributed by atoms with Gasteiger partial charge in [-0.2, -0.15) is 0 Å². The zero-order valence-electron chi connectivity index (χ0n) is 11.6. The third kappa shape index (κ3) is 2.10. The lowest BCUT2D eigenvalue weighted by Gasteiger charge is -2.24. The van der Waals surface area contributed by atoms with Gasteiger partial charge in [0, 0.05) is 6.04 Å². The number of rotatable bonds is 5. The molecule has 0 aromatic carbocycles. The lowest BCUT2D eigenvalue weighted by Crippen LogP contribution is -2.43. The van der Waals surface area contributed by atoms with Gasteiger partial charge in [0.15, 0.2) is 0 Å². The number of nitrogens with zero attached hydrogens (tertiary/aromatic N) is 1. The van der Waals surface area contributed by atoms with E-state index in [-0.39, 0.29) is 11.7 Å². The Bertz CT molecular complexity index is 305. The van der Waals surface area contributed by atoms with Gasteiger partial charge in [0.05, 0.1) is 11.7 Å². The van der Waals surface area contributed by atoms with Crippen LogP contribution in [0.25, 0.3) is 0 Å². The minimum atomic E-state index is -0.319. The van der Waals surface area contributed by atoms with Gasteiger partial charge in [-0.05, 0) is 32.1 Å². The van der Waals surface area contributed by atoms with Gasteiger partial charge >= 0.3 is 0 Å². The summed E-state index contributed by atoms with van der Waals surface area (Å²) in [7, 11) is 0. The smallest absolute Gasteiger partial charge is 0.244 e. The molecule has 2 fully saturated rings. The van der Waals surface area contributed by atoms with E-state index in [4.69, 9.17) is 0 Å². The van der Waals surface area contributed by atoms with Crippen LogP contribution in [0.5, 0.6) is 0 Å². The van der Waals surface area contributed by atoms with Crippen LogP contribution in [0.4, 0.5) is 0 Å². The molecule has 1 saturated carbocycles. The van der Waals surface area contributed by atoms with E-state index in [0.29, 0.717) is 11.9 Å². The highest BCUT2D eigenvalue weighted by molar-refractivity contribution is 5.89. The molecule has 2 aliphatic rings. The number of amides is 1. The molecule has 1 aliphatic heterocycles. The molecule has 0 spiro atoms. The Morgan fingerprint density at radius 3 is 2.59 bits per heavy atom. The summed E-state index contributed by atoms with van der Waals surface area (Å²) in [5.74, 6) is 1.08. The van der Waals surface area contributed by atoms with Crippen molar-refractivity contribution in [3.05, 3.63) is 0 Å². The maximum atomic E-state index is 12.5. The summed E-state index contributed by atoms with van der Waals surface area (Å²) < 4.78 is 0. The van der Waals surface area contributed by atoms with Crippen LogP contribution in [-0.4, -0.2) is 28.6 Å². The molecule has 1 saturated heterocycles. The molecule has 1 N–H and O–H groups in total. The van der Waals surface area contributed by atoms with E-state index < -0.39 is 0 Å². The number of hydrogen-bond donors (Lipinski definition) is 1. The monoisotopic (exact) mass is 238 g/mol. The third-order valence-corrected chi connectivity index (χ3v) is 4.56. The first-order chi connectivity index (χ1) is 8.07. The number of carbonyl (C=O) groups excluding carboxylic acids is 1. The summed E-state index contributed by atoms with van der Waals surface area (Å²) in [5, 5.41) is 3.56. The Morgan fingerprint density at radius 2 is 2.12 bits per heavy atom. The zero-order chi connectivity index (χ0) is 12.6. The van der Waals surface area contributed by atoms with Crippen molar-refractivity contribution in [2.45, 2.75) is 77.5 Å². The molecule has 3 heteroatoms. The second kappa shape index (κ2) is 4.60. The topological polar surface area (TPSA) is 32.3 Å². The van der Waals surface area contributed by atoms with Gasteiger partial charge in [-0.3, -0.25) is 10.1 Å². The lowest BCUT2D eigenvalue weighted by molar-refractivity contribution is -0.133. The van der Waals surface area contributed by atoms with Crippen molar-refractivity contribution in [1.29, 1.82) is 0 Å². The molecule has 1 amide bonds. The van der Waals surface area contributed by atoms with Crippen LogP contribution in [0.1, 0.15) is 59.8 Å². The number of nitrogens with one attached hydrogen (secondary N) is 1. The summed E-state index contributed by atoms with van der Waals surface area (Å²) in [5.41, 5.74) is -0.319. The van der Waals surface area contributed by atoms with Gasteiger partial charge in [0.1, 0.15) is 0 Å². The minimum absolute atomic E-state index is 0.277. The summed E-state index contributed by atoms with van der Waals surface area (Å²) in [6, 6.07) is 0.518. The molecule has 98 valence electrons. The van der Waals surface area contributed by atoms with Crippen LogP contribution in [0.3, 0.4) is 0 Å². The molecular formula is C14H26N2O. The van der Waals surface area contributed by atoms with E-state index in [1.54, 1.807) is 0 Å². The fourth-order valence-electron chi connectivity index (χ4n) is 3.06. The van der Waals surface area contributed by atoms with Gasteiger partial charge < -0.3 is 4.90 Å². The predicted octanol–water partition coefficient (Wildman–Crippen LogP) is 2.51. The standard InChI is InChI=1S/C14H26N2O/c1-5-8-12-15-14(4,7-3)13(17)16(12)11-9-10(11)6-2/h10-12,15H,5-9H2,1-4H3. The molecule has 1 heterocycles. The van der Waals surface area contributed by atoms with E-state index in [2.05, 4.69) is 37.9 Å². The first-order valence-corrected chi connectivity index (χ1v) is 7.17. The third-order valence-electron chi connectivity index (χ3n) is 4.56. The van der Waals surface area contributed by atoms with E-state index in [9.17, 15) is 4.79 Å². The molecule has 1 aliphatic carbocycles. The van der Waals surface area contributed by atoms with Crippen LogP contribution in [-0.2, 0) is 4.79 Å². The predicted molar refractivity (Wildman–Crippen MR) is 69.6 cm³/mol. The molecule has 4 unspecified atom stereocenters. The number of carbonyl (C=O) groups is 1. The quantitative estimate of drug-likeness (QED) is 0.798. The van der Waals surface area contributed by atoms with Crippen molar-refractivity contribution in [2.24, 2.45) is 5.92 Å². The van der Waals surface area contributed by atoms with Crippen molar-refractivity contribution < 1.29 is 4.79 Å². The van der Waals surface area contributed by atoms with Gasteiger partial charge in [-0.15, -0.1) is 0 Å².